The van der Waals surface area contributed by atoms with Crippen LogP contribution in [0.25, 0.3) is 0 Å². The van der Waals surface area contributed by atoms with Gasteiger partial charge in [-0.1, -0.05) is 5.16 Å². The molecule has 0 aliphatic heterocycles. The van der Waals surface area contributed by atoms with Gasteiger partial charge in [-0.3, -0.25) is 5.43 Å². The van der Waals surface area contributed by atoms with Crippen LogP contribution in [0.4, 0.5) is 11.8 Å². The second-order valence-electron chi connectivity index (χ2n) is 4.47. The lowest BCUT2D eigenvalue weighted by atomic mass is 10.1. The molecule has 102 valence electrons. The van der Waals surface area contributed by atoms with Crippen molar-refractivity contribution in [3.8, 4) is 0 Å². The van der Waals surface area contributed by atoms with Crippen LogP contribution in [0.15, 0.2) is 10.7 Å². The Morgan fingerprint density at radius 1 is 1.32 bits per heavy atom. The molecule has 0 aromatic carbocycles. The van der Waals surface area contributed by atoms with Gasteiger partial charge in [0.25, 0.3) is 0 Å². The molecular formula is C12H18N6O. The second-order valence-corrected chi connectivity index (χ2v) is 4.47. The molecule has 0 aliphatic rings. The zero-order valence-electron chi connectivity index (χ0n) is 11.5. The molecule has 0 aliphatic carbocycles. The van der Waals surface area contributed by atoms with Gasteiger partial charge >= 0.3 is 0 Å². The van der Waals surface area contributed by atoms with Crippen molar-refractivity contribution in [2.75, 3.05) is 10.7 Å². The second kappa shape index (κ2) is 5.23. The Labute approximate surface area is 111 Å². The molecule has 2 rings (SSSR count). The van der Waals surface area contributed by atoms with Gasteiger partial charge in [0.15, 0.2) is 0 Å². The van der Waals surface area contributed by atoms with Crippen molar-refractivity contribution >= 4 is 11.8 Å². The van der Waals surface area contributed by atoms with Crippen LogP contribution in [-0.4, -0.2) is 15.1 Å². The van der Waals surface area contributed by atoms with Crippen LogP contribution in [0.2, 0.25) is 0 Å². The van der Waals surface area contributed by atoms with Crippen LogP contribution in [0.5, 0.6) is 0 Å². The van der Waals surface area contributed by atoms with Gasteiger partial charge in [0.2, 0.25) is 5.95 Å². The molecule has 7 heteroatoms. The van der Waals surface area contributed by atoms with E-state index in [4.69, 9.17) is 10.4 Å². The standard InChI is InChI=1S/C12H18N6O/c1-6-5-14-12(17-13)16-11(6)15-7(2)10-8(3)18-19-9(10)4/h5,7H,13H2,1-4H3,(H2,14,15,16,17). The van der Waals surface area contributed by atoms with Crippen molar-refractivity contribution in [3.05, 3.63) is 28.8 Å². The van der Waals surface area contributed by atoms with Gasteiger partial charge in [-0.25, -0.2) is 10.8 Å². The number of rotatable bonds is 4. The smallest absolute Gasteiger partial charge is 0.239 e. The molecule has 0 fully saturated rings. The number of nitrogens with zero attached hydrogens (tertiary/aromatic N) is 3. The van der Waals surface area contributed by atoms with Crippen molar-refractivity contribution in [2.24, 2.45) is 5.84 Å². The lowest BCUT2D eigenvalue weighted by Gasteiger charge is -2.16. The first kappa shape index (κ1) is 13.3. The highest BCUT2D eigenvalue weighted by atomic mass is 16.5. The van der Waals surface area contributed by atoms with E-state index in [0.717, 1.165) is 28.4 Å². The maximum atomic E-state index is 5.31. The summed E-state index contributed by atoms with van der Waals surface area (Å²) in [5.74, 6) is 7.23. The lowest BCUT2D eigenvalue weighted by molar-refractivity contribution is 0.392. The summed E-state index contributed by atoms with van der Waals surface area (Å²) in [5, 5.41) is 7.28. The number of anilines is 2. The molecule has 7 nitrogen and oxygen atoms in total. The molecule has 1 unspecified atom stereocenters. The van der Waals surface area contributed by atoms with Crippen molar-refractivity contribution in [1.29, 1.82) is 0 Å². The van der Waals surface area contributed by atoms with E-state index in [1.54, 1.807) is 6.20 Å². The van der Waals surface area contributed by atoms with Gasteiger partial charge in [-0.05, 0) is 27.7 Å². The first-order valence-corrected chi connectivity index (χ1v) is 6.02. The predicted molar refractivity (Wildman–Crippen MR) is 72.6 cm³/mol. The maximum absolute atomic E-state index is 5.31. The Morgan fingerprint density at radius 3 is 2.63 bits per heavy atom. The van der Waals surface area contributed by atoms with Crippen LogP contribution in [0.3, 0.4) is 0 Å². The highest BCUT2D eigenvalue weighted by Gasteiger charge is 2.17. The van der Waals surface area contributed by atoms with Gasteiger partial charge in [0.05, 0.1) is 11.7 Å². The predicted octanol–water partition coefficient (Wildman–Crippen LogP) is 1.85. The Kier molecular flexibility index (Phi) is 3.66. The first-order chi connectivity index (χ1) is 9.02. The SMILES string of the molecule is Cc1cnc(NN)nc1NC(C)c1c(C)noc1C. The molecule has 0 radical (unpaired) electrons. The van der Waals surface area contributed by atoms with Crippen molar-refractivity contribution in [3.63, 3.8) is 0 Å². The zero-order valence-corrected chi connectivity index (χ0v) is 11.5. The third-order valence-corrected chi connectivity index (χ3v) is 2.98. The van der Waals surface area contributed by atoms with E-state index in [-0.39, 0.29) is 6.04 Å². The molecule has 0 saturated heterocycles. The minimum Gasteiger partial charge on any atom is -0.363 e. The Morgan fingerprint density at radius 2 is 2.05 bits per heavy atom. The van der Waals surface area contributed by atoms with Crippen molar-refractivity contribution in [1.82, 2.24) is 15.1 Å². The van der Waals surface area contributed by atoms with Crippen LogP contribution >= 0.6 is 0 Å². The van der Waals surface area contributed by atoms with Crippen LogP contribution < -0.4 is 16.6 Å². The van der Waals surface area contributed by atoms with Gasteiger partial charge in [-0.2, -0.15) is 4.98 Å². The number of aromatic nitrogens is 3. The molecule has 0 bridgehead atoms. The Hall–Kier alpha value is -2.15. The fourth-order valence-electron chi connectivity index (χ4n) is 2.04. The third kappa shape index (κ3) is 2.65. The largest absolute Gasteiger partial charge is 0.363 e. The number of aryl methyl sites for hydroxylation is 3. The molecule has 4 N–H and O–H groups in total. The fourth-order valence-corrected chi connectivity index (χ4v) is 2.04. The molecule has 2 heterocycles. The maximum Gasteiger partial charge on any atom is 0.239 e. The topological polar surface area (TPSA) is 102 Å². The quantitative estimate of drug-likeness (QED) is 0.570. The highest BCUT2D eigenvalue weighted by Crippen LogP contribution is 2.25. The molecular weight excluding hydrogens is 244 g/mol. The summed E-state index contributed by atoms with van der Waals surface area (Å²) in [6, 6.07) is 0.0328. The normalized spacial score (nSPS) is 12.3. The van der Waals surface area contributed by atoms with Gasteiger partial charge in [0, 0.05) is 17.3 Å². The van der Waals surface area contributed by atoms with Crippen molar-refractivity contribution in [2.45, 2.75) is 33.7 Å². The molecule has 0 spiro atoms. The summed E-state index contributed by atoms with van der Waals surface area (Å²) in [5.41, 5.74) is 5.29. The van der Waals surface area contributed by atoms with E-state index >= 15 is 0 Å². The Bertz CT molecular complexity index is 560. The van der Waals surface area contributed by atoms with E-state index < -0.39 is 0 Å². The monoisotopic (exact) mass is 262 g/mol. The summed E-state index contributed by atoms with van der Waals surface area (Å²) < 4.78 is 5.17. The summed E-state index contributed by atoms with van der Waals surface area (Å²) in [6.07, 6.45) is 1.71. The average molecular weight is 262 g/mol. The number of hydrogen-bond donors (Lipinski definition) is 3. The number of nitrogens with one attached hydrogen (secondary N) is 2. The lowest BCUT2D eigenvalue weighted by Crippen LogP contribution is -2.15. The molecule has 1 atom stereocenters. The van der Waals surface area contributed by atoms with Gasteiger partial charge in [0.1, 0.15) is 11.6 Å². The molecule has 19 heavy (non-hydrogen) atoms. The molecule has 0 saturated carbocycles. The average Bonchev–Trinajstić information content (AvgIpc) is 2.71. The van der Waals surface area contributed by atoms with Gasteiger partial charge < -0.3 is 9.84 Å². The van der Waals surface area contributed by atoms with Crippen LogP contribution in [0.1, 0.15) is 35.5 Å². The van der Waals surface area contributed by atoms with E-state index in [9.17, 15) is 0 Å². The number of hydrazine groups is 1. The fraction of sp³-hybridized carbons (Fsp3) is 0.417. The van der Waals surface area contributed by atoms with Crippen LogP contribution in [0, 0.1) is 20.8 Å². The van der Waals surface area contributed by atoms with Gasteiger partial charge in [-0.15, -0.1) is 0 Å². The zero-order chi connectivity index (χ0) is 14.0. The van der Waals surface area contributed by atoms with E-state index in [0.29, 0.717) is 5.95 Å². The Balaban J connectivity index is 2.26. The summed E-state index contributed by atoms with van der Waals surface area (Å²) in [7, 11) is 0. The molecule has 0 amide bonds. The highest BCUT2D eigenvalue weighted by molar-refractivity contribution is 5.48. The summed E-state index contributed by atoms with van der Waals surface area (Å²) in [6.45, 7) is 7.78. The number of nitrogens with two attached hydrogens (primary N) is 1. The van der Waals surface area contributed by atoms with E-state index in [2.05, 4.69) is 25.9 Å². The van der Waals surface area contributed by atoms with Crippen molar-refractivity contribution < 1.29 is 4.52 Å². The minimum atomic E-state index is 0.0328. The first-order valence-electron chi connectivity index (χ1n) is 6.02. The molecule has 2 aromatic heterocycles. The van der Waals surface area contributed by atoms with E-state index in [1.807, 2.05) is 27.7 Å². The number of hydrogen-bond acceptors (Lipinski definition) is 7. The van der Waals surface area contributed by atoms with Crippen LogP contribution in [-0.2, 0) is 0 Å². The van der Waals surface area contributed by atoms with E-state index in [1.165, 1.54) is 0 Å². The molecule has 2 aromatic rings. The third-order valence-electron chi connectivity index (χ3n) is 2.98. The minimum absolute atomic E-state index is 0.0328. The number of nitrogen functional groups attached to an aromatic ring is 1. The summed E-state index contributed by atoms with van der Waals surface area (Å²) >= 11 is 0. The summed E-state index contributed by atoms with van der Waals surface area (Å²) in [4.78, 5) is 8.34.